The van der Waals surface area contributed by atoms with Gasteiger partial charge in [-0.15, -0.1) is 0 Å². The Morgan fingerprint density at radius 1 is 1.12 bits per heavy atom. The van der Waals surface area contributed by atoms with Crippen molar-refractivity contribution in [2.45, 2.75) is 33.0 Å². The molecule has 0 spiro atoms. The van der Waals surface area contributed by atoms with Gasteiger partial charge in [-0.3, -0.25) is 14.4 Å². The number of carbonyl (C=O) groups is 3. The minimum atomic E-state index is -4.70. The van der Waals surface area contributed by atoms with Crippen molar-refractivity contribution in [1.82, 2.24) is 5.32 Å². The molecule has 0 heterocycles. The van der Waals surface area contributed by atoms with Gasteiger partial charge in [-0.05, 0) is 32.0 Å². The summed E-state index contributed by atoms with van der Waals surface area (Å²) >= 11 is 0. The average Bonchev–Trinajstić information content (AvgIpc) is 2.44. The lowest BCUT2D eigenvalue weighted by molar-refractivity contribution is -0.142. The number of rotatable bonds is 5. The molecule has 9 heteroatoms. The number of nitrogens with one attached hydrogen (secondary N) is 2. The smallest absolute Gasteiger partial charge is 0.416 e. The molecule has 3 N–H and O–H groups in total. The molecule has 1 aromatic carbocycles. The third-order valence-corrected chi connectivity index (χ3v) is 3.34. The van der Waals surface area contributed by atoms with Gasteiger partial charge >= 0.3 is 12.1 Å². The van der Waals surface area contributed by atoms with Gasteiger partial charge in [0.1, 0.15) is 0 Å². The van der Waals surface area contributed by atoms with Gasteiger partial charge in [-0.2, -0.15) is 13.2 Å². The van der Waals surface area contributed by atoms with Gasteiger partial charge in [0.15, 0.2) is 0 Å². The molecule has 0 aliphatic heterocycles. The molecule has 1 rings (SSSR count). The third-order valence-electron chi connectivity index (χ3n) is 3.34. The number of aliphatic carboxylic acids is 1. The fourth-order valence-corrected chi connectivity index (χ4v) is 1.83. The number of halogens is 3. The lowest BCUT2D eigenvalue weighted by Gasteiger charge is -2.18. The standard InChI is InChI=1S/C15H17F3N2O4/c1-7(14(23)24)8(2)19-13(22)10-4-11(15(16,17)18)6-12(5-10)20-9(3)21/h4-8H,1-3H3,(H,19,22)(H,20,21)(H,23,24). The van der Waals surface area contributed by atoms with E-state index < -0.39 is 41.5 Å². The predicted molar refractivity (Wildman–Crippen MR) is 79.5 cm³/mol. The number of amides is 2. The van der Waals surface area contributed by atoms with Crippen molar-refractivity contribution in [2.24, 2.45) is 5.92 Å². The zero-order chi connectivity index (χ0) is 18.7. The summed E-state index contributed by atoms with van der Waals surface area (Å²) in [6.07, 6.45) is -4.70. The van der Waals surface area contributed by atoms with Crippen LogP contribution in [0, 0.1) is 5.92 Å². The highest BCUT2D eigenvalue weighted by molar-refractivity contribution is 5.97. The zero-order valence-corrected chi connectivity index (χ0v) is 13.2. The van der Waals surface area contributed by atoms with Gasteiger partial charge in [0.25, 0.3) is 5.91 Å². The quantitative estimate of drug-likeness (QED) is 0.763. The summed E-state index contributed by atoms with van der Waals surface area (Å²) in [4.78, 5) is 34.0. The van der Waals surface area contributed by atoms with E-state index in [0.717, 1.165) is 13.0 Å². The van der Waals surface area contributed by atoms with Crippen LogP contribution in [0.25, 0.3) is 0 Å². The second kappa shape index (κ2) is 7.33. The van der Waals surface area contributed by atoms with Crippen molar-refractivity contribution >= 4 is 23.5 Å². The van der Waals surface area contributed by atoms with E-state index in [1.54, 1.807) is 0 Å². The molecule has 0 radical (unpaired) electrons. The Labute approximate surface area is 136 Å². The van der Waals surface area contributed by atoms with Crippen molar-refractivity contribution in [3.63, 3.8) is 0 Å². The van der Waals surface area contributed by atoms with Crippen molar-refractivity contribution < 1.29 is 32.7 Å². The molecule has 0 saturated heterocycles. The molecule has 0 bridgehead atoms. The highest BCUT2D eigenvalue weighted by Gasteiger charge is 2.32. The Balaban J connectivity index is 3.14. The molecular weight excluding hydrogens is 329 g/mol. The highest BCUT2D eigenvalue weighted by Crippen LogP contribution is 2.32. The number of alkyl halides is 3. The first-order valence-electron chi connectivity index (χ1n) is 6.95. The summed E-state index contributed by atoms with van der Waals surface area (Å²) in [7, 11) is 0. The summed E-state index contributed by atoms with van der Waals surface area (Å²) in [5.74, 6) is -3.53. The van der Waals surface area contributed by atoms with Gasteiger partial charge < -0.3 is 15.7 Å². The molecule has 2 atom stereocenters. The number of hydrogen-bond donors (Lipinski definition) is 3. The normalized spacial score (nSPS) is 13.8. The third kappa shape index (κ3) is 5.25. The first-order chi connectivity index (χ1) is 10.9. The molecule has 2 amide bonds. The van der Waals surface area contributed by atoms with E-state index in [1.165, 1.54) is 13.8 Å². The van der Waals surface area contributed by atoms with Crippen LogP contribution in [0.2, 0.25) is 0 Å². The Hall–Kier alpha value is -2.58. The van der Waals surface area contributed by atoms with Crippen LogP contribution in [0.15, 0.2) is 18.2 Å². The topological polar surface area (TPSA) is 95.5 Å². The SMILES string of the molecule is CC(=O)Nc1cc(C(=O)NC(C)C(C)C(=O)O)cc(C(F)(F)F)c1. The number of hydrogen-bond acceptors (Lipinski definition) is 3. The molecule has 1 aromatic rings. The van der Waals surface area contributed by atoms with E-state index in [1.807, 2.05) is 0 Å². The fourth-order valence-electron chi connectivity index (χ4n) is 1.83. The maximum Gasteiger partial charge on any atom is 0.416 e. The maximum atomic E-state index is 12.9. The van der Waals surface area contributed by atoms with Gasteiger partial charge in [-0.25, -0.2) is 0 Å². The van der Waals surface area contributed by atoms with Crippen LogP contribution in [-0.2, 0) is 15.8 Å². The number of anilines is 1. The number of carbonyl (C=O) groups excluding carboxylic acids is 2. The van der Waals surface area contributed by atoms with E-state index in [2.05, 4.69) is 10.6 Å². The van der Waals surface area contributed by atoms with Gasteiger partial charge in [0.2, 0.25) is 5.91 Å². The second-order valence-electron chi connectivity index (χ2n) is 5.37. The first kappa shape index (κ1) is 19.5. The Morgan fingerprint density at radius 2 is 1.71 bits per heavy atom. The fraction of sp³-hybridized carbons (Fsp3) is 0.400. The van der Waals surface area contributed by atoms with E-state index >= 15 is 0 Å². The van der Waals surface area contributed by atoms with Crippen LogP contribution in [0.3, 0.4) is 0 Å². The monoisotopic (exact) mass is 346 g/mol. The maximum absolute atomic E-state index is 12.9. The molecule has 6 nitrogen and oxygen atoms in total. The lowest BCUT2D eigenvalue weighted by Crippen LogP contribution is -2.40. The molecular formula is C15H17F3N2O4. The summed E-state index contributed by atoms with van der Waals surface area (Å²) in [5.41, 5.74) is -1.61. The lowest BCUT2D eigenvalue weighted by atomic mass is 10.0. The van der Waals surface area contributed by atoms with Crippen LogP contribution in [0.1, 0.15) is 36.7 Å². The van der Waals surface area contributed by atoms with Gasteiger partial charge in [0, 0.05) is 24.2 Å². The van der Waals surface area contributed by atoms with Gasteiger partial charge in [0.05, 0.1) is 11.5 Å². The van der Waals surface area contributed by atoms with Gasteiger partial charge in [-0.1, -0.05) is 0 Å². The van der Waals surface area contributed by atoms with Crippen LogP contribution in [0.4, 0.5) is 18.9 Å². The summed E-state index contributed by atoms with van der Waals surface area (Å²) in [5, 5.41) is 13.4. The molecule has 0 aliphatic carbocycles. The van der Waals surface area contributed by atoms with E-state index in [0.29, 0.717) is 12.1 Å². The van der Waals surface area contributed by atoms with Crippen LogP contribution in [0.5, 0.6) is 0 Å². The first-order valence-corrected chi connectivity index (χ1v) is 6.95. The van der Waals surface area contributed by atoms with E-state index in [9.17, 15) is 27.6 Å². The molecule has 24 heavy (non-hydrogen) atoms. The minimum Gasteiger partial charge on any atom is -0.481 e. The molecule has 0 aliphatic rings. The number of benzene rings is 1. The van der Waals surface area contributed by atoms with Crippen LogP contribution in [-0.4, -0.2) is 28.9 Å². The molecule has 0 fully saturated rings. The van der Waals surface area contributed by atoms with Crippen LogP contribution >= 0.6 is 0 Å². The largest absolute Gasteiger partial charge is 0.481 e. The average molecular weight is 346 g/mol. The van der Waals surface area contributed by atoms with Crippen molar-refractivity contribution in [1.29, 1.82) is 0 Å². The minimum absolute atomic E-state index is 0.179. The Kier molecular flexibility index (Phi) is 5.94. The Bertz CT molecular complexity index is 659. The molecule has 0 saturated carbocycles. The molecule has 0 aromatic heterocycles. The van der Waals surface area contributed by atoms with E-state index in [-0.39, 0.29) is 11.3 Å². The van der Waals surface area contributed by atoms with Crippen LogP contribution < -0.4 is 10.6 Å². The zero-order valence-electron chi connectivity index (χ0n) is 13.2. The highest BCUT2D eigenvalue weighted by atomic mass is 19.4. The molecule has 2 unspecified atom stereocenters. The van der Waals surface area contributed by atoms with Crippen molar-refractivity contribution in [3.05, 3.63) is 29.3 Å². The summed E-state index contributed by atoms with van der Waals surface area (Å²) in [6.45, 7) is 3.91. The number of carboxylic acid groups (broad SMARTS) is 1. The number of carboxylic acids is 1. The van der Waals surface area contributed by atoms with E-state index in [4.69, 9.17) is 5.11 Å². The summed E-state index contributed by atoms with van der Waals surface area (Å²) in [6, 6.07) is 1.64. The second-order valence-corrected chi connectivity index (χ2v) is 5.37. The summed E-state index contributed by atoms with van der Waals surface area (Å²) < 4.78 is 38.8. The predicted octanol–water partition coefficient (Wildman–Crippen LogP) is 2.50. The Morgan fingerprint density at radius 3 is 2.17 bits per heavy atom. The van der Waals surface area contributed by atoms with Crippen molar-refractivity contribution in [2.75, 3.05) is 5.32 Å². The molecule has 132 valence electrons. The van der Waals surface area contributed by atoms with Crippen molar-refractivity contribution in [3.8, 4) is 0 Å².